The molecule has 0 atom stereocenters. The first-order valence-electron chi connectivity index (χ1n) is 10.5. The van der Waals surface area contributed by atoms with Gasteiger partial charge in [0, 0.05) is 54.4 Å². The van der Waals surface area contributed by atoms with Gasteiger partial charge in [0.05, 0.1) is 6.54 Å². The molecule has 2 aromatic carbocycles. The van der Waals surface area contributed by atoms with Crippen LogP contribution in [0.2, 0.25) is 0 Å². The number of nitrogens with zero attached hydrogens (tertiary/aromatic N) is 3. The van der Waals surface area contributed by atoms with Gasteiger partial charge in [0.25, 0.3) is 5.91 Å². The van der Waals surface area contributed by atoms with E-state index >= 15 is 0 Å². The molecular formula is C25H26FN3O2. The summed E-state index contributed by atoms with van der Waals surface area (Å²) in [6.07, 6.45) is 0. The van der Waals surface area contributed by atoms with Crippen molar-refractivity contribution in [3.63, 3.8) is 0 Å². The normalized spacial score (nSPS) is 14.6. The van der Waals surface area contributed by atoms with Crippen LogP contribution in [0.4, 0.5) is 4.39 Å². The number of ketones is 1. The third-order valence-electron chi connectivity index (χ3n) is 5.84. The van der Waals surface area contributed by atoms with Gasteiger partial charge in [-0.05, 0) is 50.2 Å². The molecule has 0 N–H and O–H groups in total. The molecule has 1 saturated heterocycles. The van der Waals surface area contributed by atoms with Gasteiger partial charge in [0.1, 0.15) is 5.82 Å². The first kappa shape index (κ1) is 21.0. The Balaban J connectivity index is 1.39. The highest BCUT2D eigenvalue weighted by Crippen LogP contribution is 2.21. The fourth-order valence-electron chi connectivity index (χ4n) is 4.22. The summed E-state index contributed by atoms with van der Waals surface area (Å²) >= 11 is 0. The summed E-state index contributed by atoms with van der Waals surface area (Å²) < 4.78 is 15.5. The van der Waals surface area contributed by atoms with E-state index in [1.807, 2.05) is 50.2 Å². The number of rotatable bonds is 5. The van der Waals surface area contributed by atoms with Gasteiger partial charge in [-0.25, -0.2) is 4.39 Å². The van der Waals surface area contributed by atoms with Crippen molar-refractivity contribution in [1.82, 2.24) is 14.4 Å². The summed E-state index contributed by atoms with van der Waals surface area (Å²) in [4.78, 5) is 29.4. The Morgan fingerprint density at radius 1 is 0.903 bits per heavy atom. The maximum Gasteiger partial charge on any atom is 0.254 e. The van der Waals surface area contributed by atoms with Crippen LogP contribution in [-0.4, -0.2) is 58.8 Å². The second-order valence-corrected chi connectivity index (χ2v) is 7.96. The van der Waals surface area contributed by atoms with Crippen molar-refractivity contribution in [2.24, 2.45) is 0 Å². The lowest BCUT2D eigenvalue weighted by molar-refractivity contribution is 0.0624. The molecule has 31 heavy (non-hydrogen) atoms. The lowest BCUT2D eigenvalue weighted by atomic mass is 10.1. The minimum absolute atomic E-state index is 0.0835. The van der Waals surface area contributed by atoms with Gasteiger partial charge in [-0.2, -0.15) is 0 Å². The van der Waals surface area contributed by atoms with Gasteiger partial charge < -0.3 is 9.47 Å². The van der Waals surface area contributed by atoms with Gasteiger partial charge in [-0.3, -0.25) is 14.5 Å². The molecule has 5 nitrogen and oxygen atoms in total. The van der Waals surface area contributed by atoms with Crippen LogP contribution in [0.1, 0.15) is 32.1 Å². The number of halogens is 1. The number of piperazine rings is 1. The van der Waals surface area contributed by atoms with Crippen LogP contribution in [0, 0.1) is 19.7 Å². The summed E-state index contributed by atoms with van der Waals surface area (Å²) in [6.45, 7) is 6.57. The van der Waals surface area contributed by atoms with E-state index in [9.17, 15) is 14.0 Å². The number of hydrogen-bond acceptors (Lipinski definition) is 3. The van der Waals surface area contributed by atoms with E-state index in [4.69, 9.17) is 0 Å². The topological polar surface area (TPSA) is 45.6 Å². The van der Waals surface area contributed by atoms with E-state index in [-0.39, 0.29) is 11.7 Å². The van der Waals surface area contributed by atoms with Crippen molar-refractivity contribution >= 4 is 11.7 Å². The maximum absolute atomic E-state index is 13.4. The fraction of sp³-hybridized carbons (Fsp3) is 0.280. The second-order valence-electron chi connectivity index (χ2n) is 7.96. The number of amides is 1. The average molecular weight is 420 g/mol. The zero-order valence-corrected chi connectivity index (χ0v) is 17.8. The van der Waals surface area contributed by atoms with E-state index in [0.717, 1.165) is 22.6 Å². The predicted octanol–water partition coefficient (Wildman–Crippen LogP) is 3.87. The third-order valence-corrected chi connectivity index (χ3v) is 5.84. The Morgan fingerprint density at radius 2 is 1.61 bits per heavy atom. The predicted molar refractivity (Wildman–Crippen MR) is 118 cm³/mol. The zero-order valence-electron chi connectivity index (χ0n) is 17.8. The molecule has 4 rings (SSSR count). The molecule has 0 spiro atoms. The van der Waals surface area contributed by atoms with Gasteiger partial charge in [-0.1, -0.05) is 24.3 Å². The highest BCUT2D eigenvalue weighted by Gasteiger charge is 2.25. The molecule has 0 bridgehead atoms. The zero-order chi connectivity index (χ0) is 22.0. The molecular weight excluding hydrogens is 393 g/mol. The Bertz CT molecular complexity index is 1100. The molecule has 1 amide bonds. The van der Waals surface area contributed by atoms with Crippen LogP contribution in [0.25, 0.3) is 5.69 Å². The van der Waals surface area contributed by atoms with E-state index in [1.54, 1.807) is 17.0 Å². The molecule has 1 aliphatic heterocycles. The Hall–Kier alpha value is -3.25. The number of hydrogen-bond donors (Lipinski definition) is 0. The molecule has 3 aromatic rings. The number of para-hydroxylation sites is 1. The fourth-order valence-corrected chi connectivity index (χ4v) is 4.22. The van der Waals surface area contributed by atoms with Crippen molar-refractivity contribution in [2.75, 3.05) is 32.7 Å². The summed E-state index contributed by atoms with van der Waals surface area (Å²) in [5, 5.41) is 0. The molecule has 160 valence electrons. The maximum atomic E-state index is 13.4. The molecule has 0 unspecified atom stereocenters. The van der Waals surface area contributed by atoms with E-state index in [1.165, 1.54) is 12.1 Å². The first-order chi connectivity index (χ1) is 14.9. The molecule has 1 aliphatic rings. The molecule has 6 heteroatoms. The van der Waals surface area contributed by atoms with Gasteiger partial charge in [-0.15, -0.1) is 0 Å². The quantitative estimate of drug-likeness (QED) is 0.590. The van der Waals surface area contributed by atoms with Crippen LogP contribution < -0.4 is 0 Å². The highest BCUT2D eigenvalue weighted by atomic mass is 19.1. The highest BCUT2D eigenvalue weighted by molar-refractivity contribution is 5.99. The molecule has 2 heterocycles. The lowest BCUT2D eigenvalue weighted by Gasteiger charge is -2.34. The van der Waals surface area contributed by atoms with Crippen LogP contribution in [0.5, 0.6) is 0 Å². The van der Waals surface area contributed by atoms with E-state index < -0.39 is 5.82 Å². The summed E-state index contributed by atoms with van der Waals surface area (Å²) in [6, 6.07) is 17.7. The van der Waals surface area contributed by atoms with E-state index in [2.05, 4.69) is 9.47 Å². The summed E-state index contributed by atoms with van der Waals surface area (Å²) in [5.74, 6) is -0.500. The Morgan fingerprint density at radius 3 is 2.29 bits per heavy atom. The smallest absolute Gasteiger partial charge is 0.254 e. The van der Waals surface area contributed by atoms with Gasteiger partial charge in [0.2, 0.25) is 0 Å². The van der Waals surface area contributed by atoms with Crippen molar-refractivity contribution in [3.8, 4) is 5.69 Å². The summed E-state index contributed by atoms with van der Waals surface area (Å²) in [7, 11) is 0. The number of aromatic nitrogens is 1. The van der Waals surface area contributed by atoms with Crippen LogP contribution in [0.3, 0.4) is 0 Å². The number of Topliss-reactive ketones (excluding diaryl/α,β-unsaturated/α-hetero) is 1. The largest absolute Gasteiger partial charge is 0.336 e. The molecule has 1 fully saturated rings. The number of carbonyl (C=O) groups is 2. The first-order valence-corrected chi connectivity index (χ1v) is 10.5. The number of carbonyl (C=O) groups excluding carboxylic acids is 2. The van der Waals surface area contributed by atoms with Crippen molar-refractivity contribution in [1.29, 1.82) is 0 Å². The molecule has 0 radical (unpaired) electrons. The summed E-state index contributed by atoms with van der Waals surface area (Å²) in [5.41, 5.74) is 4.10. The Labute approximate surface area is 181 Å². The average Bonchev–Trinajstić information content (AvgIpc) is 3.08. The Kier molecular flexibility index (Phi) is 6.00. The van der Waals surface area contributed by atoms with Gasteiger partial charge in [0.15, 0.2) is 5.78 Å². The minimum Gasteiger partial charge on any atom is -0.336 e. The second kappa shape index (κ2) is 8.86. The SMILES string of the molecule is Cc1cc(C(=O)CN2CCN(C(=O)c3cccc(F)c3)CC2)c(C)n1-c1ccccc1. The molecule has 0 saturated carbocycles. The van der Waals surface area contributed by atoms with Crippen LogP contribution in [0.15, 0.2) is 60.7 Å². The molecule has 1 aromatic heterocycles. The van der Waals surface area contributed by atoms with Gasteiger partial charge >= 0.3 is 0 Å². The number of aryl methyl sites for hydroxylation is 1. The van der Waals surface area contributed by atoms with Crippen LogP contribution >= 0.6 is 0 Å². The molecule has 0 aliphatic carbocycles. The minimum atomic E-state index is -0.414. The van der Waals surface area contributed by atoms with Crippen molar-refractivity contribution in [3.05, 3.63) is 89.0 Å². The lowest BCUT2D eigenvalue weighted by Crippen LogP contribution is -2.49. The monoisotopic (exact) mass is 419 g/mol. The third kappa shape index (κ3) is 4.44. The van der Waals surface area contributed by atoms with E-state index in [0.29, 0.717) is 38.3 Å². The standard InChI is InChI=1S/C25H26FN3O2/c1-18-15-23(19(2)29(18)22-9-4-3-5-10-22)24(30)17-27-11-13-28(14-12-27)25(31)20-7-6-8-21(26)16-20/h3-10,15-16H,11-14,17H2,1-2H3. The van der Waals surface area contributed by atoms with Crippen LogP contribution in [-0.2, 0) is 0 Å². The van der Waals surface area contributed by atoms with Crippen molar-refractivity contribution < 1.29 is 14.0 Å². The van der Waals surface area contributed by atoms with Crippen molar-refractivity contribution in [2.45, 2.75) is 13.8 Å². The number of benzene rings is 2.